The van der Waals surface area contributed by atoms with E-state index in [2.05, 4.69) is 15.3 Å². The summed E-state index contributed by atoms with van der Waals surface area (Å²) in [5, 5.41) is 55.7. The highest BCUT2D eigenvalue weighted by molar-refractivity contribution is 7.86. The summed E-state index contributed by atoms with van der Waals surface area (Å²) in [6.07, 6.45) is 0. The van der Waals surface area contributed by atoms with Crippen molar-refractivity contribution >= 4 is 27.2 Å². The van der Waals surface area contributed by atoms with Gasteiger partial charge in [-0.3, -0.25) is 34.5 Å². The summed E-state index contributed by atoms with van der Waals surface area (Å²) < 4.78 is 65.6. The van der Waals surface area contributed by atoms with Crippen LogP contribution in [0.25, 0.3) is 17.1 Å². The number of nitro groups is 3. The molecule has 0 amide bonds. The van der Waals surface area contributed by atoms with Gasteiger partial charge in [0, 0.05) is 57.5 Å². The lowest BCUT2D eigenvalue weighted by Gasteiger charge is -2.42. The number of hydrogen-bond donors (Lipinski definition) is 1. The fourth-order valence-corrected chi connectivity index (χ4v) is 9.29. The lowest BCUT2D eigenvalue weighted by molar-refractivity contribution is -0.385. The second-order valence-corrected chi connectivity index (χ2v) is 19.0. The molecule has 5 aliphatic rings. The smallest absolute Gasteiger partial charge is 0.350 e. The van der Waals surface area contributed by atoms with E-state index < -0.39 is 66.3 Å². The maximum atomic E-state index is 12.7. The first kappa shape index (κ1) is 48.7. The third kappa shape index (κ3) is 7.93. The summed E-state index contributed by atoms with van der Waals surface area (Å²) >= 11 is 0. The van der Waals surface area contributed by atoms with E-state index in [1.54, 1.807) is 19.1 Å². The molecule has 3 aromatic heterocycles. The highest BCUT2D eigenvalue weighted by Gasteiger charge is 2.55. The van der Waals surface area contributed by atoms with Crippen LogP contribution in [-0.2, 0) is 61.7 Å². The summed E-state index contributed by atoms with van der Waals surface area (Å²) in [6.45, 7) is 1.51. The Balaban J connectivity index is 0.000000131. The normalized spacial score (nSPS) is 18.8. The molecule has 2 fully saturated rings. The van der Waals surface area contributed by atoms with Crippen molar-refractivity contribution in [2.45, 2.75) is 28.6 Å². The monoisotopic (exact) mass is 1040 g/mol. The van der Waals surface area contributed by atoms with Gasteiger partial charge >= 0.3 is 17.1 Å². The van der Waals surface area contributed by atoms with Crippen LogP contribution in [0.4, 0.5) is 17.1 Å². The van der Waals surface area contributed by atoms with Crippen LogP contribution in [0.15, 0.2) is 98.1 Å². The van der Waals surface area contributed by atoms with Crippen LogP contribution in [-0.4, -0.2) is 111 Å². The Labute approximate surface area is 412 Å². The number of aromatic nitrogens is 9. The molecule has 0 saturated carbocycles. The molecular weight excluding hydrogens is 1000 g/mol. The Bertz CT molecular complexity index is 3810. The average molecular weight is 1040 g/mol. The van der Waals surface area contributed by atoms with Crippen molar-refractivity contribution in [1.29, 1.82) is 0 Å². The molecule has 7 aromatic rings. The molecule has 8 heterocycles. The predicted octanol–water partition coefficient (Wildman–Crippen LogP) is 0.967. The molecule has 0 radical (unpaired) electrons. The molecular formula is C43H38N12O18S. The van der Waals surface area contributed by atoms with Gasteiger partial charge < -0.3 is 28.8 Å². The van der Waals surface area contributed by atoms with E-state index in [4.69, 9.17) is 27.9 Å². The number of nitrogens with zero attached hydrogens (tertiary/aromatic N) is 12. The number of non-ortho nitro benzene ring substituents is 3. The van der Waals surface area contributed by atoms with Crippen molar-refractivity contribution in [2.24, 2.45) is 21.1 Å². The molecule has 2 spiro atoms. The summed E-state index contributed by atoms with van der Waals surface area (Å²) in [5.74, 6) is 1.49. The van der Waals surface area contributed by atoms with E-state index in [1.807, 2.05) is 0 Å². The molecule has 0 aliphatic carbocycles. The highest BCUT2D eigenvalue weighted by atomic mass is 32.2. The van der Waals surface area contributed by atoms with Crippen LogP contribution in [0.2, 0.25) is 0 Å². The number of nitro benzene ring substituents is 3. The van der Waals surface area contributed by atoms with Gasteiger partial charge in [-0.2, -0.15) is 23.7 Å². The molecule has 2 unspecified atom stereocenters. The van der Waals surface area contributed by atoms with Crippen molar-refractivity contribution in [1.82, 2.24) is 43.0 Å². The van der Waals surface area contributed by atoms with Crippen LogP contribution < -0.4 is 31.3 Å². The number of fused-ring (bicyclic) bond motifs is 11. The minimum absolute atomic E-state index is 0.0172. The second kappa shape index (κ2) is 17.4. The Morgan fingerprint density at radius 1 is 0.622 bits per heavy atom. The lowest BCUT2D eigenvalue weighted by atomic mass is 9.98. The molecule has 30 nitrogen and oxygen atoms in total. The zero-order valence-corrected chi connectivity index (χ0v) is 39.7. The Morgan fingerprint density at radius 2 is 1.05 bits per heavy atom. The van der Waals surface area contributed by atoms with Gasteiger partial charge in [-0.1, -0.05) is 17.7 Å². The summed E-state index contributed by atoms with van der Waals surface area (Å²) in [7, 11) is 0.167. The summed E-state index contributed by atoms with van der Waals surface area (Å²) in [5.41, 5.74) is -3.81. The number of rotatable bonds is 8. The van der Waals surface area contributed by atoms with Gasteiger partial charge in [-0.15, -0.1) is 0 Å². The molecule has 5 aliphatic heterocycles. The molecule has 384 valence electrons. The number of aliphatic hydroxyl groups is 1. The van der Waals surface area contributed by atoms with Gasteiger partial charge in [0.1, 0.15) is 47.5 Å². The number of ether oxygens (including phenoxy) is 5. The number of benzene rings is 4. The molecule has 74 heavy (non-hydrogen) atoms. The Kier molecular flexibility index (Phi) is 11.5. The SMILES string of the molecule is Cc1ccc(S(=O)(=O)OCC2(CO)Oc3ccc([N+](=O)[O-])cc3-n3c2nn(C)c3=O)cc1.Cn1nc2n(c1=O)-c1cc([N+](=O)[O-])ccc1OC21COC1.Cn1nc2n(c1=O)-c1cc([N+](=O)[O-])ccc1OCC21CO1. The molecule has 12 rings (SSSR count). The fourth-order valence-electron chi connectivity index (χ4n) is 8.34. The number of aryl methyl sites for hydroxylation is 4. The first-order valence-corrected chi connectivity index (χ1v) is 23.2. The largest absolute Gasteiger partial charge is 0.488 e. The minimum Gasteiger partial charge on any atom is -0.488 e. The van der Waals surface area contributed by atoms with E-state index >= 15 is 0 Å². The van der Waals surface area contributed by atoms with Crippen LogP contribution in [0, 0.1) is 37.3 Å². The average Bonchev–Trinajstić information content (AvgIpc) is 3.93. The highest BCUT2D eigenvalue weighted by Crippen LogP contribution is 2.45. The van der Waals surface area contributed by atoms with Crippen molar-refractivity contribution < 1.29 is 56.2 Å². The standard InChI is InChI=1S/C19H18N4O8S.2C12H10N4O5/c1-12-3-6-14(7-4-12)32(28,29)30-11-19(10-24)17-20-21(2)18(25)22(17)15-9-13(23(26)27)5-8-16(15)31-19;1-14-11(17)15-8-4-7(16(18)19)2-3-9(8)20-5-12(6-21-12)10(15)13-14;1-14-11(17)15-8-4-7(16(18)19)2-3-9(8)21-12(5-20-6-12)10(15)13-14/h3-9,24H,10-11H2,1-2H3;2*2-4H,5-6H2,1H3. The van der Waals surface area contributed by atoms with E-state index in [0.717, 1.165) is 26.9 Å². The van der Waals surface area contributed by atoms with Crippen molar-refractivity contribution in [3.05, 3.63) is 164 Å². The van der Waals surface area contributed by atoms with Crippen LogP contribution in [0.1, 0.15) is 23.0 Å². The van der Waals surface area contributed by atoms with Crippen LogP contribution in [0.5, 0.6) is 17.2 Å². The van der Waals surface area contributed by atoms with Crippen molar-refractivity contribution in [3.8, 4) is 34.3 Å². The van der Waals surface area contributed by atoms with Crippen molar-refractivity contribution in [3.63, 3.8) is 0 Å². The predicted molar refractivity (Wildman–Crippen MR) is 246 cm³/mol. The first-order valence-electron chi connectivity index (χ1n) is 21.8. The zero-order valence-electron chi connectivity index (χ0n) is 38.9. The summed E-state index contributed by atoms with van der Waals surface area (Å²) in [4.78, 5) is 68.6. The quantitative estimate of drug-likeness (QED) is 0.0958. The van der Waals surface area contributed by atoms with Crippen molar-refractivity contribution in [2.75, 3.05) is 39.6 Å². The third-order valence-electron chi connectivity index (χ3n) is 12.4. The molecule has 2 atom stereocenters. The van der Waals surface area contributed by atoms with Crippen LogP contribution in [0.3, 0.4) is 0 Å². The topological polar surface area (TPSA) is 362 Å². The zero-order chi connectivity index (χ0) is 52.8. The third-order valence-corrected chi connectivity index (χ3v) is 13.7. The van der Waals surface area contributed by atoms with Gasteiger partial charge in [0.25, 0.3) is 27.2 Å². The maximum absolute atomic E-state index is 12.7. The van der Waals surface area contributed by atoms with E-state index in [0.29, 0.717) is 54.3 Å². The lowest BCUT2D eigenvalue weighted by Crippen LogP contribution is -2.55. The molecule has 0 bridgehead atoms. The van der Waals surface area contributed by atoms with E-state index in [9.17, 15) is 58.3 Å². The number of aliphatic hydroxyl groups excluding tert-OH is 1. The number of hydrogen-bond acceptors (Lipinski definition) is 21. The maximum Gasteiger partial charge on any atom is 0.350 e. The Hall–Kier alpha value is -8.91. The summed E-state index contributed by atoms with van der Waals surface area (Å²) in [6, 6.07) is 17.8. The minimum atomic E-state index is -4.23. The number of epoxide rings is 1. The van der Waals surface area contributed by atoms with Gasteiger partial charge in [0.15, 0.2) is 23.1 Å². The fraction of sp³-hybridized carbons (Fsp3) is 0.302. The van der Waals surface area contributed by atoms with Gasteiger partial charge in [0.05, 0.1) is 46.1 Å². The van der Waals surface area contributed by atoms with Gasteiger partial charge in [-0.05, 0) is 37.3 Å². The molecule has 2 saturated heterocycles. The van der Waals surface area contributed by atoms with E-state index in [-0.39, 0.29) is 51.5 Å². The van der Waals surface area contributed by atoms with Gasteiger partial charge in [0.2, 0.25) is 11.2 Å². The Morgan fingerprint density at radius 3 is 1.50 bits per heavy atom. The van der Waals surface area contributed by atoms with Gasteiger partial charge in [-0.25, -0.2) is 42.1 Å². The first-order chi connectivity index (χ1) is 35.1. The second-order valence-electron chi connectivity index (χ2n) is 17.4. The van der Waals surface area contributed by atoms with E-state index in [1.165, 1.54) is 94.2 Å². The molecule has 1 N–H and O–H groups in total. The van der Waals surface area contributed by atoms with Crippen LogP contribution >= 0.6 is 0 Å². The molecule has 31 heteroatoms. The molecule has 4 aromatic carbocycles.